The van der Waals surface area contributed by atoms with Gasteiger partial charge in [0.25, 0.3) is 0 Å². The second-order valence-electron chi connectivity index (χ2n) is 6.32. The topological polar surface area (TPSA) is 54.9 Å². The zero-order valence-electron chi connectivity index (χ0n) is 14.6. The highest BCUT2D eigenvalue weighted by Gasteiger charge is 2.25. The van der Waals surface area contributed by atoms with E-state index in [2.05, 4.69) is 48.2 Å². The molecule has 0 saturated heterocycles. The number of aromatic nitrogens is 2. The molecule has 0 bridgehead atoms. The van der Waals surface area contributed by atoms with Gasteiger partial charge in [-0.25, -0.2) is 4.98 Å². The lowest BCUT2D eigenvalue weighted by Crippen LogP contribution is -2.14. The molecule has 3 rings (SSSR count). The summed E-state index contributed by atoms with van der Waals surface area (Å²) in [7, 11) is 0. The Kier molecular flexibility index (Phi) is 5.24. The van der Waals surface area contributed by atoms with Crippen LogP contribution in [-0.4, -0.2) is 15.9 Å². The third-order valence-corrected chi connectivity index (χ3v) is 4.96. The van der Waals surface area contributed by atoms with E-state index in [1.165, 1.54) is 28.6 Å². The Morgan fingerprint density at radius 1 is 1.36 bits per heavy atom. The highest BCUT2D eigenvalue weighted by atomic mass is 32.1. The van der Waals surface area contributed by atoms with Crippen molar-refractivity contribution < 1.29 is 4.79 Å². The number of hydrogen-bond donors (Lipinski definition) is 1. The van der Waals surface area contributed by atoms with Crippen LogP contribution in [0, 0.1) is 5.92 Å². The first-order valence-electron chi connectivity index (χ1n) is 8.24. The zero-order valence-corrected chi connectivity index (χ0v) is 15.4. The van der Waals surface area contributed by atoms with Crippen molar-refractivity contribution in [1.82, 2.24) is 9.97 Å². The lowest BCUT2D eigenvalue weighted by Gasteiger charge is -2.25. The lowest BCUT2D eigenvalue weighted by atomic mass is 9.80. The Morgan fingerprint density at radius 3 is 2.92 bits per heavy atom. The number of anilines is 1. The van der Waals surface area contributed by atoms with Crippen molar-refractivity contribution in [1.29, 1.82) is 0 Å². The van der Waals surface area contributed by atoms with Crippen LogP contribution < -0.4 is 5.32 Å². The molecule has 1 N–H and O–H groups in total. The highest BCUT2D eigenvalue weighted by Crippen LogP contribution is 2.38. The zero-order chi connectivity index (χ0) is 17.8. The Hall–Kier alpha value is -2.53. The summed E-state index contributed by atoms with van der Waals surface area (Å²) >= 11 is 1.46. The first-order chi connectivity index (χ1) is 12.0. The summed E-state index contributed by atoms with van der Waals surface area (Å²) in [6, 6.07) is 3.73. The molecule has 0 saturated carbocycles. The first kappa shape index (κ1) is 17.3. The number of rotatable bonds is 4. The standard InChI is InChI=1S/C20H21N3OS/c1-13-9-14(2)19(15(3)10-13)17-12-25-20(22-17)23-18(24)7-6-16-5-4-8-21-11-16/h4-12,14,19H,1-3H3,(H,22,23,24)/b7-6+. The van der Waals surface area contributed by atoms with Gasteiger partial charge in [0.15, 0.2) is 5.13 Å². The fraction of sp³-hybridized carbons (Fsp3) is 0.250. The van der Waals surface area contributed by atoms with Gasteiger partial charge in [-0.3, -0.25) is 15.1 Å². The molecule has 1 aliphatic carbocycles. The van der Waals surface area contributed by atoms with E-state index >= 15 is 0 Å². The molecule has 1 aliphatic rings. The summed E-state index contributed by atoms with van der Waals surface area (Å²) < 4.78 is 0. The van der Waals surface area contributed by atoms with Crippen molar-refractivity contribution in [3.8, 4) is 0 Å². The third kappa shape index (κ3) is 4.31. The number of nitrogens with one attached hydrogen (secondary N) is 1. The molecule has 2 unspecified atom stereocenters. The summed E-state index contributed by atoms with van der Waals surface area (Å²) in [6.45, 7) is 6.47. The first-order valence-corrected chi connectivity index (χ1v) is 9.12. The van der Waals surface area contributed by atoms with Gasteiger partial charge in [-0.2, -0.15) is 0 Å². The molecular formula is C20H21N3OS. The van der Waals surface area contributed by atoms with Crippen molar-refractivity contribution >= 4 is 28.5 Å². The molecule has 2 aromatic heterocycles. The lowest BCUT2D eigenvalue weighted by molar-refractivity contribution is -0.111. The predicted octanol–water partition coefficient (Wildman–Crippen LogP) is 4.82. The summed E-state index contributed by atoms with van der Waals surface area (Å²) in [4.78, 5) is 20.7. The predicted molar refractivity (Wildman–Crippen MR) is 103 cm³/mol. The van der Waals surface area contributed by atoms with E-state index in [4.69, 9.17) is 0 Å². The molecule has 0 fully saturated rings. The molecule has 2 aromatic rings. The van der Waals surface area contributed by atoms with E-state index in [0.29, 0.717) is 11.0 Å². The maximum Gasteiger partial charge on any atom is 0.250 e. The van der Waals surface area contributed by atoms with Gasteiger partial charge in [-0.15, -0.1) is 11.3 Å². The van der Waals surface area contributed by atoms with Gasteiger partial charge < -0.3 is 0 Å². The number of allylic oxidation sites excluding steroid dienone is 4. The molecule has 128 valence electrons. The maximum atomic E-state index is 12.1. The molecule has 0 aromatic carbocycles. The second kappa shape index (κ2) is 7.57. The number of amides is 1. The molecule has 2 heterocycles. The van der Waals surface area contributed by atoms with Crippen LogP contribution in [-0.2, 0) is 4.79 Å². The average molecular weight is 351 g/mol. The van der Waals surface area contributed by atoms with Gasteiger partial charge in [-0.1, -0.05) is 36.3 Å². The average Bonchev–Trinajstić information content (AvgIpc) is 3.01. The van der Waals surface area contributed by atoms with E-state index < -0.39 is 0 Å². The normalized spacial score (nSPS) is 20.3. The van der Waals surface area contributed by atoms with E-state index in [9.17, 15) is 4.79 Å². The van der Waals surface area contributed by atoms with Crippen LogP contribution in [0.2, 0.25) is 0 Å². The molecule has 0 spiro atoms. The Bertz CT molecular complexity index is 849. The van der Waals surface area contributed by atoms with Gasteiger partial charge in [0.05, 0.1) is 5.69 Å². The minimum Gasteiger partial charge on any atom is -0.298 e. The van der Waals surface area contributed by atoms with Gasteiger partial charge in [0.1, 0.15) is 0 Å². The number of nitrogens with zero attached hydrogens (tertiary/aromatic N) is 2. The van der Waals surface area contributed by atoms with Gasteiger partial charge in [-0.05, 0) is 37.5 Å². The van der Waals surface area contributed by atoms with Crippen LogP contribution in [0.25, 0.3) is 6.08 Å². The van der Waals surface area contributed by atoms with Gasteiger partial charge in [0.2, 0.25) is 5.91 Å². The summed E-state index contributed by atoms with van der Waals surface area (Å²) in [5, 5.41) is 5.50. The number of thiazole rings is 1. The Labute approximate surface area is 152 Å². The minimum atomic E-state index is -0.190. The summed E-state index contributed by atoms with van der Waals surface area (Å²) in [5.74, 6) is 0.488. The monoisotopic (exact) mass is 351 g/mol. The fourth-order valence-electron chi connectivity index (χ4n) is 3.21. The van der Waals surface area contributed by atoms with E-state index in [1.807, 2.05) is 17.5 Å². The molecule has 0 radical (unpaired) electrons. The Morgan fingerprint density at radius 2 is 2.20 bits per heavy atom. The molecule has 5 heteroatoms. The number of carbonyl (C=O) groups is 1. The quantitative estimate of drug-likeness (QED) is 0.804. The molecule has 0 aliphatic heterocycles. The summed E-state index contributed by atoms with van der Waals surface area (Å²) in [6.07, 6.45) is 11.1. The minimum absolute atomic E-state index is 0.190. The van der Waals surface area contributed by atoms with Gasteiger partial charge >= 0.3 is 0 Å². The maximum absolute atomic E-state index is 12.1. The number of pyridine rings is 1. The van der Waals surface area contributed by atoms with Crippen LogP contribution in [0.1, 0.15) is 37.9 Å². The SMILES string of the molecule is CC1=CC(C)C(c2csc(NC(=O)/C=C/c3cccnc3)n2)C(C)=C1. The molecular weight excluding hydrogens is 330 g/mol. The molecule has 2 atom stereocenters. The van der Waals surface area contributed by atoms with Crippen molar-refractivity contribution in [3.63, 3.8) is 0 Å². The second-order valence-corrected chi connectivity index (χ2v) is 7.18. The number of hydrogen-bond acceptors (Lipinski definition) is 4. The van der Waals surface area contributed by atoms with Crippen molar-refractivity contribution in [2.24, 2.45) is 5.92 Å². The molecule has 25 heavy (non-hydrogen) atoms. The fourth-order valence-corrected chi connectivity index (χ4v) is 3.95. The molecule has 1 amide bonds. The highest BCUT2D eigenvalue weighted by molar-refractivity contribution is 7.14. The van der Waals surface area contributed by atoms with Crippen LogP contribution in [0.3, 0.4) is 0 Å². The van der Waals surface area contributed by atoms with Crippen LogP contribution in [0.4, 0.5) is 5.13 Å². The largest absolute Gasteiger partial charge is 0.298 e. The van der Waals surface area contributed by atoms with Crippen molar-refractivity contribution in [2.75, 3.05) is 5.32 Å². The van der Waals surface area contributed by atoms with E-state index in [1.54, 1.807) is 18.5 Å². The number of carbonyl (C=O) groups excluding carboxylic acids is 1. The van der Waals surface area contributed by atoms with Crippen molar-refractivity contribution in [2.45, 2.75) is 26.7 Å². The third-order valence-electron chi connectivity index (χ3n) is 4.18. The van der Waals surface area contributed by atoms with Crippen LogP contribution >= 0.6 is 11.3 Å². The van der Waals surface area contributed by atoms with Gasteiger partial charge in [0, 0.05) is 29.8 Å². The van der Waals surface area contributed by atoms with E-state index in [0.717, 1.165) is 11.3 Å². The van der Waals surface area contributed by atoms with Crippen LogP contribution in [0.15, 0.2) is 59.3 Å². The molecule has 4 nitrogen and oxygen atoms in total. The van der Waals surface area contributed by atoms with Crippen LogP contribution in [0.5, 0.6) is 0 Å². The Balaban J connectivity index is 1.67. The summed E-state index contributed by atoms with van der Waals surface area (Å²) in [5.41, 5.74) is 4.51. The van der Waals surface area contributed by atoms with Crippen molar-refractivity contribution in [3.05, 3.63) is 70.5 Å². The smallest absolute Gasteiger partial charge is 0.250 e. The van der Waals surface area contributed by atoms with E-state index in [-0.39, 0.29) is 11.8 Å².